The molecule has 0 aliphatic rings. The summed E-state index contributed by atoms with van der Waals surface area (Å²) in [5.41, 5.74) is -0.197. The summed E-state index contributed by atoms with van der Waals surface area (Å²) in [5, 5.41) is 6.35. The lowest BCUT2D eigenvalue weighted by molar-refractivity contribution is -0.0252. The summed E-state index contributed by atoms with van der Waals surface area (Å²) in [6, 6.07) is 0. The predicted molar refractivity (Wildman–Crippen MR) is 116 cm³/mol. The summed E-state index contributed by atoms with van der Waals surface area (Å²) < 4.78 is 5.95. The number of ether oxygens (including phenoxy) is 1. The second-order valence-corrected chi connectivity index (χ2v) is 10.4. The highest BCUT2D eigenvalue weighted by Crippen LogP contribution is 2.38. The average molecular weight is 381 g/mol. The first kappa shape index (κ1) is 23.7. The van der Waals surface area contributed by atoms with Crippen LogP contribution in [-0.2, 0) is 4.74 Å². The lowest BCUT2D eigenvalue weighted by atomic mass is 9.69. The number of hydrogen-bond donors (Lipinski definition) is 2. The van der Waals surface area contributed by atoms with E-state index in [1.54, 1.807) is 0 Å². The molecule has 0 aromatic heterocycles. The summed E-state index contributed by atoms with van der Waals surface area (Å²) in [5.74, 6) is 0.619. The highest BCUT2D eigenvalue weighted by atomic mass is 16.5. The first-order valence-corrected chi connectivity index (χ1v) is 10.1. The molecule has 5 nitrogen and oxygen atoms in total. The van der Waals surface area contributed by atoms with E-state index in [0.717, 1.165) is 19.4 Å². The average Bonchev–Trinajstić information content (AvgIpc) is 2.50. The van der Waals surface area contributed by atoms with Crippen LogP contribution < -0.4 is 21.5 Å². The SMILES string of the molecule is CC(C)CCOC(C)(C)CCNc1c(NCC(C)(C)C(C)(C)C)c(=O)c1=O. The Kier molecular flexibility index (Phi) is 7.69. The smallest absolute Gasteiger partial charge is 0.253 e. The van der Waals surface area contributed by atoms with Gasteiger partial charge in [-0.3, -0.25) is 9.59 Å². The maximum absolute atomic E-state index is 12.0. The molecule has 5 heteroatoms. The van der Waals surface area contributed by atoms with Gasteiger partial charge in [-0.25, -0.2) is 0 Å². The summed E-state index contributed by atoms with van der Waals surface area (Å²) in [6.45, 7) is 21.3. The Hall–Kier alpha value is -1.36. The zero-order chi connectivity index (χ0) is 21.0. The van der Waals surface area contributed by atoms with Crippen molar-refractivity contribution in [3.63, 3.8) is 0 Å². The van der Waals surface area contributed by atoms with Crippen LogP contribution in [0, 0.1) is 16.7 Å². The zero-order valence-corrected chi connectivity index (χ0v) is 18.8. The molecule has 0 aliphatic carbocycles. The van der Waals surface area contributed by atoms with E-state index in [1.807, 2.05) is 0 Å². The van der Waals surface area contributed by atoms with Crippen LogP contribution in [0.4, 0.5) is 11.4 Å². The van der Waals surface area contributed by atoms with Crippen LogP contribution in [0.1, 0.15) is 75.2 Å². The van der Waals surface area contributed by atoms with Gasteiger partial charge in [-0.1, -0.05) is 48.5 Å². The quantitative estimate of drug-likeness (QED) is 0.557. The Morgan fingerprint density at radius 3 is 1.89 bits per heavy atom. The molecule has 0 saturated heterocycles. The number of anilines is 2. The van der Waals surface area contributed by atoms with Crippen LogP contribution in [-0.4, -0.2) is 25.3 Å². The van der Waals surface area contributed by atoms with Crippen molar-refractivity contribution in [2.24, 2.45) is 16.7 Å². The Morgan fingerprint density at radius 2 is 1.41 bits per heavy atom. The standard InChI is InChI=1S/C22H40N2O3/c1-15(2)10-13-27-22(8,9)11-12-23-16-17(19(26)18(16)25)24-14-21(6,7)20(3,4)5/h15,23-24H,10-14H2,1-9H3. The van der Waals surface area contributed by atoms with Crippen molar-refractivity contribution in [1.29, 1.82) is 0 Å². The number of nitrogens with one attached hydrogen (secondary N) is 2. The monoisotopic (exact) mass is 380 g/mol. The molecular formula is C22H40N2O3. The van der Waals surface area contributed by atoms with Crippen LogP contribution in [0.25, 0.3) is 0 Å². The lowest BCUT2D eigenvalue weighted by Crippen LogP contribution is -2.42. The molecule has 0 aliphatic heterocycles. The van der Waals surface area contributed by atoms with Crippen molar-refractivity contribution in [2.75, 3.05) is 30.3 Å². The maximum Gasteiger partial charge on any atom is 0.253 e. The molecule has 0 bridgehead atoms. The van der Waals surface area contributed by atoms with E-state index < -0.39 is 10.9 Å². The molecule has 1 rings (SSSR count). The van der Waals surface area contributed by atoms with Crippen molar-refractivity contribution < 1.29 is 4.74 Å². The fraction of sp³-hybridized carbons (Fsp3) is 0.818. The van der Waals surface area contributed by atoms with E-state index in [2.05, 4.69) is 72.9 Å². The molecule has 0 spiro atoms. The van der Waals surface area contributed by atoms with Crippen molar-refractivity contribution in [1.82, 2.24) is 0 Å². The van der Waals surface area contributed by atoms with E-state index in [-0.39, 0.29) is 16.4 Å². The number of rotatable bonds is 11. The molecule has 0 fully saturated rings. The van der Waals surface area contributed by atoms with Crippen LogP contribution >= 0.6 is 0 Å². The normalized spacial score (nSPS) is 13.4. The molecular weight excluding hydrogens is 340 g/mol. The van der Waals surface area contributed by atoms with E-state index in [4.69, 9.17) is 4.74 Å². The molecule has 0 saturated carbocycles. The fourth-order valence-corrected chi connectivity index (χ4v) is 2.44. The highest BCUT2D eigenvalue weighted by Gasteiger charge is 2.33. The third kappa shape index (κ3) is 6.63. The van der Waals surface area contributed by atoms with Crippen molar-refractivity contribution in [3.05, 3.63) is 20.4 Å². The van der Waals surface area contributed by atoms with Crippen molar-refractivity contribution >= 4 is 11.4 Å². The largest absolute Gasteiger partial charge is 0.380 e. The summed E-state index contributed by atoms with van der Waals surface area (Å²) in [6.07, 6.45) is 1.80. The van der Waals surface area contributed by atoms with Gasteiger partial charge in [-0.2, -0.15) is 0 Å². The molecule has 0 atom stereocenters. The summed E-state index contributed by atoms with van der Waals surface area (Å²) in [7, 11) is 0. The molecule has 0 radical (unpaired) electrons. The second-order valence-electron chi connectivity index (χ2n) is 10.4. The third-order valence-corrected chi connectivity index (χ3v) is 5.86. The first-order chi connectivity index (χ1) is 12.2. The second kappa shape index (κ2) is 8.76. The summed E-state index contributed by atoms with van der Waals surface area (Å²) in [4.78, 5) is 23.9. The first-order valence-electron chi connectivity index (χ1n) is 10.1. The van der Waals surface area contributed by atoms with Gasteiger partial charge in [0.05, 0.1) is 5.60 Å². The molecule has 0 heterocycles. The van der Waals surface area contributed by atoms with Crippen molar-refractivity contribution in [2.45, 2.75) is 80.8 Å². The van der Waals surface area contributed by atoms with Gasteiger partial charge >= 0.3 is 0 Å². The molecule has 2 N–H and O–H groups in total. The Labute approximate surface area is 165 Å². The minimum atomic E-state index is -0.426. The van der Waals surface area contributed by atoms with Gasteiger partial charge in [0.15, 0.2) is 0 Å². The molecule has 0 unspecified atom stereocenters. The van der Waals surface area contributed by atoms with Gasteiger partial charge in [0.25, 0.3) is 10.9 Å². The maximum atomic E-state index is 12.0. The van der Waals surface area contributed by atoms with E-state index in [9.17, 15) is 9.59 Å². The van der Waals surface area contributed by atoms with Crippen LogP contribution in [0.5, 0.6) is 0 Å². The Bertz CT molecular complexity index is 675. The molecule has 156 valence electrons. The zero-order valence-electron chi connectivity index (χ0n) is 18.8. The summed E-state index contributed by atoms with van der Waals surface area (Å²) >= 11 is 0. The minimum Gasteiger partial charge on any atom is -0.380 e. The van der Waals surface area contributed by atoms with Gasteiger partial charge in [0.1, 0.15) is 11.4 Å². The van der Waals surface area contributed by atoms with E-state index >= 15 is 0 Å². The molecule has 27 heavy (non-hydrogen) atoms. The van der Waals surface area contributed by atoms with Gasteiger partial charge in [0, 0.05) is 19.7 Å². The fourth-order valence-electron chi connectivity index (χ4n) is 2.44. The predicted octanol–water partition coefficient (Wildman–Crippen LogP) is 4.41. The van der Waals surface area contributed by atoms with Crippen LogP contribution in [0.3, 0.4) is 0 Å². The van der Waals surface area contributed by atoms with Crippen LogP contribution in [0.15, 0.2) is 9.59 Å². The van der Waals surface area contributed by atoms with Gasteiger partial charge in [-0.05, 0) is 43.4 Å². The molecule has 0 amide bonds. The number of hydrogen-bond acceptors (Lipinski definition) is 5. The Balaban J connectivity index is 2.59. The highest BCUT2D eigenvalue weighted by molar-refractivity contribution is 5.74. The van der Waals surface area contributed by atoms with Crippen molar-refractivity contribution in [3.8, 4) is 0 Å². The van der Waals surface area contributed by atoms with Gasteiger partial charge in [0.2, 0.25) is 0 Å². The molecule has 1 aromatic rings. The van der Waals surface area contributed by atoms with E-state index in [1.165, 1.54) is 0 Å². The van der Waals surface area contributed by atoms with Gasteiger partial charge < -0.3 is 15.4 Å². The Morgan fingerprint density at radius 1 is 0.889 bits per heavy atom. The third-order valence-electron chi connectivity index (χ3n) is 5.86. The lowest BCUT2D eigenvalue weighted by Gasteiger charge is -2.39. The molecule has 1 aromatic carbocycles. The van der Waals surface area contributed by atoms with Gasteiger partial charge in [-0.15, -0.1) is 0 Å². The topological polar surface area (TPSA) is 67.4 Å². The van der Waals surface area contributed by atoms with Crippen LogP contribution in [0.2, 0.25) is 0 Å². The van der Waals surface area contributed by atoms with E-state index in [0.29, 0.717) is 30.4 Å². The minimum absolute atomic E-state index is 0.0176.